The summed E-state index contributed by atoms with van der Waals surface area (Å²) in [6, 6.07) is 6.68. The maximum absolute atomic E-state index is 14.9. The first-order chi connectivity index (χ1) is 43.4. The van der Waals surface area contributed by atoms with Crippen molar-refractivity contribution in [3.63, 3.8) is 0 Å². The van der Waals surface area contributed by atoms with Crippen LogP contribution in [-0.4, -0.2) is 160 Å². The number of thiocarbonyl (C=S) groups is 2. The minimum absolute atomic E-state index is 0.0526. The van der Waals surface area contributed by atoms with Crippen LogP contribution in [0.1, 0.15) is 112 Å². The van der Waals surface area contributed by atoms with Gasteiger partial charge in [0.1, 0.15) is 24.7 Å². The van der Waals surface area contributed by atoms with Gasteiger partial charge < -0.3 is 82.0 Å². The van der Waals surface area contributed by atoms with Crippen molar-refractivity contribution in [2.75, 3.05) is 80.2 Å². The number of aromatic amines is 2. The fourth-order valence-corrected chi connectivity index (χ4v) is 14.1. The number of ether oxygens (including phenoxy) is 2. The first kappa shape index (κ1) is 67.9. The minimum atomic E-state index is -1.08. The number of hydrogen-bond donors (Lipinski definition) is 10. The Bertz CT molecular complexity index is 3620. The second-order valence-electron chi connectivity index (χ2n) is 25.0. The molecule has 3 fully saturated rings. The standard InChI is InChI=1S/C63H81Cl2N13O11S2/c1-33(2)51(74-55(81)41(71-36(5)79)11-8-9-17-66)56(82)73-42(12-10-18-68-59(67)85)54(80)72-40-15-13-37(14-16-40)29-87-60(90)75(6)19-20-76(7)61(91)88-45-21-43-49(47-34(3)25-69-52(45)47)38(23-64)27-77(43)57(83)62-30-63(31-62,32-62)58(84)78-28-39(24-65)50-44(78)22-46(89-86)53-48(50)35(4)26-70-53/h13-16,21-22,25-26,33,38-39,41-42,51,69-70,86H,8-12,17-20,23-24,27-32,66H2,1-7H3,(H,71,79)(H,72,80)(H,73,82)(H,74,81)(H3,67,68,85)/t38-,39-,41+,42+,51+,62?,63?/m1/s1. The third kappa shape index (κ3) is 14.1. The van der Waals surface area contributed by atoms with E-state index in [1.165, 1.54) is 6.92 Å². The van der Waals surface area contributed by atoms with Crippen LogP contribution in [0.25, 0.3) is 21.8 Å². The molecule has 490 valence electrons. The normalized spacial score (nSPS) is 19.5. The molecule has 2 bridgehead atoms. The van der Waals surface area contributed by atoms with E-state index < -0.39 is 64.5 Å². The van der Waals surface area contributed by atoms with E-state index in [4.69, 9.17) is 73.5 Å². The number of benzene rings is 3. The summed E-state index contributed by atoms with van der Waals surface area (Å²) < 4.78 is 12.5. The monoisotopic (exact) mass is 1330 g/mol. The number of carbonyl (C=O) groups is 7. The van der Waals surface area contributed by atoms with E-state index in [0.717, 1.165) is 44.1 Å². The molecule has 0 unspecified atom stereocenters. The average Bonchev–Trinajstić information content (AvgIpc) is 1.43. The number of anilines is 3. The van der Waals surface area contributed by atoms with Gasteiger partial charge in [0.15, 0.2) is 11.5 Å². The van der Waals surface area contributed by atoms with Gasteiger partial charge in [-0.2, -0.15) is 0 Å². The molecular formula is C63H81Cl2N13O11S2. The smallest absolute Gasteiger partial charge is 0.312 e. The van der Waals surface area contributed by atoms with Crippen LogP contribution < -0.4 is 57.5 Å². The van der Waals surface area contributed by atoms with Gasteiger partial charge in [0, 0.05) is 118 Å². The first-order valence-corrected chi connectivity index (χ1v) is 32.4. The third-order valence-electron chi connectivity index (χ3n) is 18.0. The lowest BCUT2D eigenvalue weighted by Crippen LogP contribution is -2.73. The molecule has 3 saturated carbocycles. The molecule has 91 heavy (non-hydrogen) atoms. The number of hydrogen-bond acceptors (Lipinski definition) is 14. The Balaban J connectivity index is 0.780. The zero-order chi connectivity index (χ0) is 65.8. The van der Waals surface area contributed by atoms with Gasteiger partial charge in [-0.25, -0.2) is 10.1 Å². The number of aryl methyl sites for hydroxylation is 2. The molecule has 2 aliphatic heterocycles. The molecule has 3 aliphatic carbocycles. The van der Waals surface area contributed by atoms with Crippen LogP contribution >= 0.6 is 47.6 Å². The number of fused-ring (bicyclic) bond motifs is 6. The number of likely N-dealkylation sites (N-methyl/N-ethyl adjacent to an activating group) is 2. The van der Waals surface area contributed by atoms with Crippen LogP contribution in [0.4, 0.5) is 21.9 Å². The summed E-state index contributed by atoms with van der Waals surface area (Å²) in [5, 5.41) is 25.5. The van der Waals surface area contributed by atoms with E-state index in [0.29, 0.717) is 105 Å². The minimum Gasteiger partial charge on any atom is -0.466 e. The lowest BCUT2D eigenvalue weighted by Gasteiger charge is -2.69. The van der Waals surface area contributed by atoms with Crippen LogP contribution in [-0.2, 0) is 40.1 Å². The Labute approximate surface area is 548 Å². The molecule has 0 saturated heterocycles. The van der Waals surface area contributed by atoms with Crippen LogP contribution in [0.5, 0.6) is 11.5 Å². The molecule has 5 aliphatic rings. The molecule has 4 heterocycles. The summed E-state index contributed by atoms with van der Waals surface area (Å²) in [5.74, 6) is -1.65. The summed E-state index contributed by atoms with van der Waals surface area (Å²) in [7, 11) is 3.60. The molecule has 3 aromatic carbocycles. The Morgan fingerprint density at radius 3 is 1.79 bits per heavy atom. The van der Waals surface area contributed by atoms with Crippen LogP contribution in [0.15, 0.2) is 48.8 Å². The average molecular weight is 1330 g/mol. The molecule has 5 aromatic rings. The molecule has 24 nitrogen and oxygen atoms in total. The topological polar surface area (TPSA) is 324 Å². The second-order valence-corrected chi connectivity index (χ2v) is 26.3. The number of rotatable bonds is 27. The Kier molecular flexibility index (Phi) is 21.3. The molecular weight excluding hydrogens is 1250 g/mol. The Morgan fingerprint density at radius 1 is 0.747 bits per heavy atom. The number of nitrogens with two attached hydrogens (primary N) is 2. The summed E-state index contributed by atoms with van der Waals surface area (Å²) in [6.45, 7) is 11.0. The highest BCUT2D eigenvalue weighted by molar-refractivity contribution is 7.80. The predicted octanol–water partition coefficient (Wildman–Crippen LogP) is 7.00. The maximum Gasteiger partial charge on any atom is 0.312 e. The van der Waals surface area contributed by atoms with Gasteiger partial charge in [-0.05, 0) is 142 Å². The lowest BCUT2D eigenvalue weighted by molar-refractivity contribution is -0.205. The number of H-pyrrole nitrogens is 2. The van der Waals surface area contributed by atoms with E-state index in [1.807, 2.05) is 37.2 Å². The van der Waals surface area contributed by atoms with Gasteiger partial charge >= 0.3 is 6.03 Å². The van der Waals surface area contributed by atoms with Crippen LogP contribution in [0.2, 0.25) is 0 Å². The zero-order valence-electron chi connectivity index (χ0n) is 52.1. The summed E-state index contributed by atoms with van der Waals surface area (Å²) >= 11 is 24.8. The number of urea groups is 1. The number of amides is 8. The van der Waals surface area contributed by atoms with E-state index in [2.05, 4.69) is 36.6 Å². The Hall–Kier alpha value is -7.49. The van der Waals surface area contributed by atoms with Crippen molar-refractivity contribution in [1.82, 2.24) is 41.0 Å². The molecule has 12 N–H and O–H groups in total. The third-order valence-corrected chi connectivity index (χ3v) is 19.6. The highest BCUT2D eigenvalue weighted by Gasteiger charge is 2.76. The first-order valence-electron chi connectivity index (χ1n) is 30.6. The fraction of sp³-hybridized carbons (Fsp3) is 0.508. The van der Waals surface area contributed by atoms with Gasteiger partial charge in [-0.3, -0.25) is 28.8 Å². The lowest BCUT2D eigenvalue weighted by atomic mass is 9.34. The molecule has 28 heteroatoms. The van der Waals surface area contributed by atoms with Gasteiger partial charge in [0.05, 0.1) is 33.2 Å². The fourth-order valence-electron chi connectivity index (χ4n) is 13.3. The second kappa shape index (κ2) is 28.6. The molecule has 0 radical (unpaired) electrons. The van der Waals surface area contributed by atoms with Gasteiger partial charge in [-0.15, -0.1) is 23.2 Å². The van der Waals surface area contributed by atoms with Crippen molar-refractivity contribution in [3.05, 3.63) is 76.6 Å². The quantitative estimate of drug-likeness (QED) is 0.00832. The molecule has 10 rings (SSSR count). The number of nitrogens with zero attached hydrogens (tertiary/aromatic N) is 4. The molecule has 2 aromatic heterocycles. The van der Waals surface area contributed by atoms with Crippen molar-refractivity contribution in [3.8, 4) is 11.5 Å². The largest absolute Gasteiger partial charge is 0.466 e. The Morgan fingerprint density at radius 2 is 1.27 bits per heavy atom. The van der Waals surface area contributed by atoms with Crippen molar-refractivity contribution in [2.45, 2.75) is 123 Å². The van der Waals surface area contributed by atoms with E-state index in [9.17, 15) is 38.8 Å². The number of halogens is 2. The van der Waals surface area contributed by atoms with E-state index >= 15 is 0 Å². The maximum atomic E-state index is 14.9. The number of nitrogens with one attached hydrogen (secondary N) is 7. The van der Waals surface area contributed by atoms with Crippen LogP contribution in [0, 0.1) is 30.6 Å². The van der Waals surface area contributed by atoms with E-state index in [1.54, 1.807) is 73.0 Å². The van der Waals surface area contributed by atoms with Crippen molar-refractivity contribution in [1.29, 1.82) is 0 Å². The SMILES string of the molecule is CC(=O)N[C@@H](CCCCN)C(=O)N[C@H](C(=O)N[C@@H](CCCNC(N)=O)C(=O)Nc1ccc(COC(=S)N(C)CCN(C)C(=S)Oc2cc3c(c4c(C)c[nH]c24)[C@H](CCl)CN3C(=O)C23CC(C(=O)N4C[C@@H](CCl)c5c4cc(OO)c4[nH]cc(C)c54)(C2)C3)cc1)C(C)C. The van der Waals surface area contributed by atoms with Crippen molar-refractivity contribution < 1.29 is 53.2 Å². The summed E-state index contributed by atoms with van der Waals surface area (Å²) in [6.07, 6.45) is 6.91. The molecule has 5 atom stereocenters. The highest BCUT2D eigenvalue weighted by Crippen LogP contribution is 2.75. The van der Waals surface area contributed by atoms with Gasteiger partial charge in [0.25, 0.3) is 10.3 Å². The van der Waals surface area contributed by atoms with Gasteiger partial charge in [-0.1, -0.05) is 26.0 Å². The predicted molar refractivity (Wildman–Crippen MR) is 357 cm³/mol. The van der Waals surface area contributed by atoms with Crippen molar-refractivity contribution >= 4 is 138 Å². The molecule has 0 spiro atoms. The molecule has 8 amide bonds. The zero-order valence-corrected chi connectivity index (χ0v) is 55.3. The number of primary amides is 1. The van der Waals surface area contributed by atoms with E-state index in [-0.39, 0.29) is 71.6 Å². The number of aromatic nitrogens is 2. The number of unbranched alkanes of at least 4 members (excludes halogenated alkanes) is 1. The summed E-state index contributed by atoms with van der Waals surface area (Å²) in [4.78, 5) is 112. The number of carbonyl (C=O) groups excluding carboxylic acids is 7. The number of alkyl halides is 2. The van der Waals surface area contributed by atoms with Crippen LogP contribution in [0.3, 0.4) is 0 Å². The van der Waals surface area contributed by atoms with Crippen molar-refractivity contribution in [2.24, 2.45) is 28.2 Å². The highest BCUT2D eigenvalue weighted by atomic mass is 35.5. The summed E-state index contributed by atoms with van der Waals surface area (Å²) in [5.41, 5.74) is 17.1. The van der Waals surface area contributed by atoms with Gasteiger partial charge in [0.2, 0.25) is 35.4 Å².